The maximum atomic E-state index is 13.9. The zero-order valence-electron chi connectivity index (χ0n) is 28.4. The van der Waals surface area contributed by atoms with Gasteiger partial charge in [-0.05, 0) is 61.6 Å². The molecule has 49 heavy (non-hydrogen) atoms. The van der Waals surface area contributed by atoms with Gasteiger partial charge in [0.1, 0.15) is 11.9 Å². The van der Waals surface area contributed by atoms with Gasteiger partial charge >= 0.3 is 6.09 Å². The van der Waals surface area contributed by atoms with Crippen molar-refractivity contribution in [2.45, 2.75) is 62.5 Å². The van der Waals surface area contributed by atoms with Crippen LogP contribution in [0.4, 0.5) is 4.79 Å². The summed E-state index contributed by atoms with van der Waals surface area (Å²) in [5.74, 6) is 1.39. The highest BCUT2D eigenvalue weighted by molar-refractivity contribution is 7.89. The van der Waals surface area contributed by atoms with E-state index in [2.05, 4.69) is 10.6 Å². The zero-order valence-corrected chi connectivity index (χ0v) is 29.2. The van der Waals surface area contributed by atoms with E-state index in [1.807, 2.05) is 38.1 Å². The molecule has 14 nitrogen and oxygen atoms in total. The summed E-state index contributed by atoms with van der Waals surface area (Å²) in [7, 11) is -2.40. The van der Waals surface area contributed by atoms with Crippen LogP contribution in [0.15, 0.2) is 47.4 Å². The summed E-state index contributed by atoms with van der Waals surface area (Å²) in [6.07, 6.45) is -1.14. The molecule has 5 rings (SSSR count). The molecule has 0 spiro atoms. The minimum atomic E-state index is -4.06. The number of nitrogens with zero attached hydrogens (tertiary/aromatic N) is 1. The second kappa shape index (κ2) is 17.7. The Hall–Kier alpha value is -3.18. The molecule has 2 aromatic carbocycles. The number of amides is 1. The second-order valence-corrected chi connectivity index (χ2v) is 14.7. The van der Waals surface area contributed by atoms with Crippen LogP contribution in [-0.2, 0) is 35.4 Å². The second-order valence-electron chi connectivity index (χ2n) is 12.8. The fraction of sp³-hybridized carbons (Fsp3) is 0.618. The number of alkyl carbamates (subject to hydrolysis) is 1. The number of fused-ring (bicyclic) bond motifs is 2. The SMILES string of the molecule is COCCNCCCOc1ccc(C[C@H](NC(=O)O[C@H]2CO[C@H]3OCC[C@H]32)[C@H](O)CN(CC(C)C)S(=O)(=O)c2ccc3c(c2)OCO3)cc1. The van der Waals surface area contributed by atoms with Gasteiger partial charge in [-0.2, -0.15) is 4.31 Å². The van der Waals surface area contributed by atoms with E-state index in [1.54, 1.807) is 13.2 Å². The Morgan fingerprint density at radius 3 is 2.61 bits per heavy atom. The van der Waals surface area contributed by atoms with E-state index in [0.717, 1.165) is 31.5 Å². The number of methoxy groups -OCH3 is 1. The Labute approximate surface area is 288 Å². The number of sulfonamides is 1. The van der Waals surface area contributed by atoms with Crippen LogP contribution in [-0.4, -0.2) is 115 Å². The van der Waals surface area contributed by atoms with Crippen molar-refractivity contribution in [2.75, 3.05) is 66.5 Å². The van der Waals surface area contributed by atoms with Crippen LogP contribution >= 0.6 is 0 Å². The Bertz CT molecular complexity index is 1460. The van der Waals surface area contributed by atoms with E-state index in [1.165, 1.54) is 16.4 Å². The van der Waals surface area contributed by atoms with Crippen molar-refractivity contribution >= 4 is 16.1 Å². The predicted octanol–water partition coefficient (Wildman–Crippen LogP) is 2.53. The first-order valence-corrected chi connectivity index (χ1v) is 18.3. The summed E-state index contributed by atoms with van der Waals surface area (Å²) in [6.45, 7) is 7.20. The summed E-state index contributed by atoms with van der Waals surface area (Å²) in [6, 6.07) is 10.9. The fourth-order valence-electron chi connectivity index (χ4n) is 6.02. The van der Waals surface area contributed by atoms with Crippen LogP contribution < -0.4 is 24.8 Å². The summed E-state index contributed by atoms with van der Waals surface area (Å²) in [5.41, 5.74) is 0.806. The summed E-state index contributed by atoms with van der Waals surface area (Å²) >= 11 is 0. The first kappa shape index (κ1) is 37.1. The van der Waals surface area contributed by atoms with Crippen LogP contribution in [0.25, 0.3) is 0 Å². The molecule has 0 unspecified atom stereocenters. The van der Waals surface area contributed by atoms with Gasteiger partial charge in [0.2, 0.25) is 16.8 Å². The van der Waals surface area contributed by atoms with E-state index < -0.39 is 40.7 Å². The Kier molecular flexibility index (Phi) is 13.4. The maximum absolute atomic E-state index is 13.9. The lowest BCUT2D eigenvalue weighted by Crippen LogP contribution is -2.51. The molecule has 3 N–H and O–H groups in total. The number of aliphatic hydroxyl groups is 1. The summed E-state index contributed by atoms with van der Waals surface area (Å²) in [5, 5.41) is 17.7. The Morgan fingerprint density at radius 2 is 1.84 bits per heavy atom. The number of hydrogen-bond donors (Lipinski definition) is 3. The third-order valence-corrected chi connectivity index (χ3v) is 10.4. The third-order valence-electron chi connectivity index (χ3n) is 8.58. The molecule has 0 saturated carbocycles. The summed E-state index contributed by atoms with van der Waals surface area (Å²) < 4.78 is 67.6. The first-order chi connectivity index (χ1) is 23.6. The number of carbonyl (C=O) groups excluding carboxylic acids is 1. The van der Waals surface area contributed by atoms with Gasteiger partial charge in [0, 0.05) is 32.8 Å². The molecule has 2 fully saturated rings. The van der Waals surface area contributed by atoms with Crippen molar-refractivity contribution in [2.24, 2.45) is 11.8 Å². The molecular formula is C34H49N3O11S. The van der Waals surface area contributed by atoms with Gasteiger partial charge in [0.25, 0.3) is 0 Å². The van der Waals surface area contributed by atoms with Crippen molar-refractivity contribution in [1.82, 2.24) is 14.9 Å². The lowest BCUT2D eigenvalue weighted by Gasteiger charge is -2.31. The fourth-order valence-corrected chi connectivity index (χ4v) is 7.65. The number of carbonyl (C=O) groups is 1. The lowest BCUT2D eigenvalue weighted by molar-refractivity contribution is -0.0907. The Balaban J connectivity index is 1.27. The molecule has 15 heteroatoms. The molecular weight excluding hydrogens is 658 g/mol. The molecule has 0 aliphatic carbocycles. The predicted molar refractivity (Wildman–Crippen MR) is 178 cm³/mol. The molecule has 0 bridgehead atoms. The van der Waals surface area contributed by atoms with Crippen LogP contribution in [0.5, 0.6) is 17.2 Å². The van der Waals surface area contributed by atoms with Gasteiger partial charge in [-0.25, -0.2) is 13.2 Å². The number of rotatable bonds is 19. The van der Waals surface area contributed by atoms with Crippen LogP contribution in [0.1, 0.15) is 32.3 Å². The van der Waals surface area contributed by atoms with Crippen LogP contribution in [0.2, 0.25) is 0 Å². The van der Waals surface area contributed by atoms with E-state index in [-0.39, 0.29) is 49.6 Å². The normalized spacial score (nSPS) is 21.1. The smallest absolute Gasteiger partial charge is 0.407 e. The standard InChI is InChI=1S/C34H49N3O11S/c1-23(2)19-37(49(40,41)26-9-10-30-31(18-26)47-22-46-30)20-29(38)28(36-34(39)48-32-21-45-33-27(32)11-15-44-33)17-24-5-7-25(8-6-24)43-14-4-12-35-13-16-42-3/h5-10,18,23,27-29,32-33,35,38H,4,11-17,19-22H2,1-3H3,(H,36,39)/t27-,28-,29+,32-,33+/m0/s1. The molecule has 2 aromatic rings. The van der Waals surface area contributed by atoms with Gasteiger partial charge in [0.15, 0.2) is 17.8 Å². The molecule has 5 atom stereocenters. The van der Waals surface area contributed by atoms with Gasteiger partial charge in [-0.3, -0.25) is 0 Å². The number of nitrogens with one attached hydrogen (secondary N) is 2. The highest BCUT2D eigenvalue weighted by Crippen LogP contribution is 2.35. The van der Waals surface area contributed by atoms with Crippen molar-refractivity contribution in [3.05, 3.63) is 48.0 Å². The highest BCUT2D eigenvalue weighted by Gasteiger charge is 2.44. The quantitative estimate of drug-likeness (QED) is 0.183. The van der Waals surface area contributed by atoms with Crippen LogP contribution in [0.3, 0.4) is 0 Å². The van der Waals surface area contributed by atoms with E-state index >= 15 is 0 Å². The Morgan fingerprint density at radius 1 is 1.04 bits per heavy atom. The molecule has 1 amide bonds. The van der Waals surface area contributed by atoms with Crippen molar-refractivity contribution < 1.29 is 51.5 Å². The van der Waals surface area contributed by atoms with E-state index in [4.69, 9.17) is 33.2 Å². The molecule has 272 valence electrons. The van der Waals surface area contributed by atoms with Crippen molar-refractivity contribution in [3.63, 3.8) is 0 Å². The molecule has 0 aromatic heterocycles. The highest BCUT2D eigenvalue weighted by atomic mass is 32.2. The van der Waals surface area contributed by atoms with Crippen LogP contribution in [0, 0.1) is 11.8 Å². The monoisotopic (exact) mass is 707 g/mol. The largest absolute Gasteiger partial charge is 0.494 e. The first-order valence-electron chi connectivity index (χ1n) is 16.8. The van der Waals surface area contributed by atoms with Gasteiger partial charge in [0.05, 0.1) is 49.4 Å². The molecule has 3 aliphatic heterocycles. The maximum Gasteiger partial charge on any atom is 0.407 e. The van der Waals surface area contributed by atoms with E-state index in [0.29, 0.717) is 37.1 Å². The minimum absolute atomic E-state index is 0.0119. The van der Waals surface area contributed by atoms with E-state index in [9.17, 15) is 18.3 Å². The summed E-state index contributed by atoms with van der Waals surface area (Å²) in [4.78, 5) is 13.3. The zero-order chi connectivity index (χ0) is 34.8. The number of aliphatic hydroxyl groups excluding tert-OH is 1. The molecule has 3 aliphatic rings. The lowest BCUT2D eigenvalue weighted by atomic mass is 10.0. The third kappa shape index (κ3) is 10.2. The number of ether oxygens (including phenoxy) is 7. The number of hydrogen-bond acceptors (Lipinski definition) is 12. The van der Waals surface area contributed by atoms with Crippen molar-refractivity contribution in [1.29, 1.82) is 0 Å². The van der Waals surface area contributed by atoms with Gasteiger partial charge in [-0.15, -0.1) is 0 Å². The van der Waals surface area contributed by atoms with Crippen molar-refractivity contribution in [3.8, 4) is 17.2 Å². The molecule has 2 saturated heterocycles. The van der Waals surface area contributed by atoms with Gasteiger partial charge < -0.3 is 48.9 Å². The number of benzene rings is 2. The minimum Gasteiger partial charge on any atom is -0.494 e. The topological polar surface area (TPSA) is 163 Å². The molecule has 0 radical (unpaired) electrons. The average molecular weight is 708 g/mol. The molecule has 3 heterocycles. The van der Waals surface area contributed by atoms with Gasteiger partial charge in [-0.1, -0.05) is 26.0 Å². The average Bonchev–Trinajstić information content (AvgIpc) is 3.83.